The molecule has 1 amide bonds. The van der Waals surface area contributed by atoms with Crippen LogP contribution >= 0.6 is 12.4 Å². The summed E-state index contributed by atoms with van der Waals surface area (Å²) in [6.45, 7) is 0. The second-order valence-electron chi connectivity index (χ2n) is 5.16. The standard InChI is InChI=1S/C15H20N2O4.ClH/c1-20-11-5-6-13(12(8-11)15(19)21-2)17-14(18)9-3-4-10(16)7-9;/h5-6,8-10H,3-4,7,16H2,1-2H3,(H,17,18);1H. The van der Waals surface area contributed by atoms with Crippen LogP contribution in [0.5, 0.6) is 5.75 Å². The van der Waals surface area contributed by atoms with Gasteiger partial charge in [-0.2, -0.15) is 0 Å². The van der Waals surface area contributed by atoms with Gasteiger partial charge in [0.2, 0.25) is 5.91 Å². The molecule has 0 aromatic heterocycles. The van der Waals surface area contributed by atoms with Gasteiger partial charge in [-0.1, -0.05) is 0 Å². The fourth-order valence-corrected chi connectivity index (χ4v) is 2.53. The zero-order valence-corrected chi connectivity index (χ0v) is 13.4. The summed E-state index contributed by atoms with van der Waals surface area (Å²) >= 11 is 0. The first-order valence-corrected chi connectivity index (χ1v) is 6.88. The van der Waals surface area contributed by atoms with E-state index in [1.807, 2.05) is 0 Å². The molecule has 1 aromatic rings. The molecule has 2 rings (SSSR count). The van der Waals surface area contributed by atoms with Crippen LogP contribution < -0.4 is 15.8 Å². The van der Waals surface area contributed by atoms with Gasteiger partial charge in [-0.05, 0) is 37.5 Å². The number of methoxy groups -OCH3 is 2. The highest BCUT2D eigenvalue weighted by molar-refractivity contribution is 6.02. The Hall–Kier alpha value is -1.79. The Balaban J connectivity index is 0.00000242. The molecular weight excluding hydrogens is 308 g/mol. The minimum absolute atomic E-state index is 0. The average molecular weight is 329 g/mol. The number of carbonyl (C=O) groups excluding carboxylic acids is 2. The molecule has 1 saturated carbocycles. The molecule has 1 aliphatic carbocycles. The van der Waals surface area contributed by atoms with Crippen molar-refractivity contribution in [2.75, 3.05) is 19.5 Å². The Morgan fingerprint density at radius 3 is 2.55 bits per heavy atom. The first-order valence-electron chi connectivity index (χ1n) is 6.88. The molecule has 0 radical (unpaired) electrons. The quantitative estimate of drug-likeness (QED) is 0.825. The number of esters is 1. The van der Waals surface area contributed by atoms with Crippen LogP contribution in [0.4, 0.5) is 5.69 Å². The Labute approximate surface area is 135 Å². The van der Waals surface area contributed by atoms with Gasteiger partial charge < -0.3 is 20.5 Å². The predicted octanol–water partition coefficient (Wildman–Crippen LogP) is 1.97. The van der Waals surface area contributed by atoms with E-state index >= 15 is 0 Å². The summed E-state index contributed by atoms with van der Waals surface area (Å²) < 4.78 is 9.82. The number of hydrogen-bond acceptors (Lipinski definition) is 5. The summed E-state index contributed by atoms with van der Waals surface area (Å²) in [5.74, 6) is -0.213. The highest BCUT2D eigenvalue weighted by atomic mass is 35.5. The third kappa shape index (κ3) is 4.11. The maximum Gasteiger partial charge on any atom is 0.340 e. The summed E-state index contributed by atoms with van der Waals surface area (Å²) in [6, 6.07) is 4.94. The Kier molecular flexibility index (Phi) is 6.64. The molecule has 22 heavy (non-hydrogen) atoms. The number of carbonyl (C=O) groups is 2. The van der Waals surface area contributed by atoms with E-state index in [9.17, 15) is 9.59 Å². The number of nitrogens with one attached hydrogen (secondary N) is 1. The number of benzene rings is 1. The summed E-state index contributed by atoms with van der Waals surface area (Å²) in [5.41, 5.74) is 6.52. The van der Waals surface area contributed by atoms with E-state index in [0.717, 1.165) is 12.8 Å². The lowest BCUT2D eigenvalue weighted by Crippen LogP contribution is -2.24. The van der Waals surface area contributed by atoms with E-state index in [2.05, 4.69) is 5.32 Å². The molecule has 2 unspecified atom stereocenters. The number of rotatable bonds is 4. The normalized spacial score (nSPS) is 20.0. The Morgan fingerprint density at radius 2 is 2.00 bits per heavy atom. The molecule has 0 aliphatic heterocycles. The molecule has 7 heteroatoms. The minimum atomic E-state index is -0.521. The van der Waals surface area contributed by atoms with Crippen LogP contribution in [0, 0.1) is 5.92 Å². The molecule has 122 valence electrons. The van der Waals surface area contributed by atoms with Crippen LogP contribution in [-0.2, 0) is 9.53 Å². The van der Waals surface area contributed by atoms with Crippen molar-refractivity contribution in [1.29, 1.82) is 0 Å². The zero-order chi connectivity index (χ0) is 15.4. The molecule has 1 aromatic carbocycles. The minimum Gasteiger partial charge on any atom is -0.497 e. The third-order valence-corrected chi connectivity index (χ3v) is 3.73. The lowest BCUT2D eigenvalue weighted by Gasteiger charge is -2.14. The molecule has 0 saturated heterocycles. The number of amides is 1. The smallest absolute Gasteiger partial charge is 0.340 e. The second-order valence-corrected chi connectivity index (χ2v) is 5.16. The maximum absolute atomic E-state index is 12.2. The second kappa shape index (κ2) is 8.00. The fourth-order valence-electron chi connectivity index (χ4n) is 2.53. The predicted molar refractivity (Wildman–Crippen MR) is 85.5 cm³/mol. The van der Waals surface area contributed by atoms with Crippen molar-refractivity contribution >= 4 is 30.0 Å². The van der Waals surface area contributed by atoms with Crippen molar-refractivity contribution in [2.24, 2.45) is 11.7 Å². The number of halogens is 1. The first kappa shape index (κ1) is 18.3. The lowest BCUT2D eigenvalue weighted by molar-refractivity contribution is -0.119. The highest BCUT2D eigenvalue weighted by Gasteiger charge is 2.28. The highest BCUT2D eigenvalue weighted by Crippen LogP contribution is 2.28. The van der Waals surface area contributed by atoms with E-state index in [4.69, 9.17) is 15.2 Å². The van der Waals surface area contributed by atoms with Crippen molar-refractivity contribution < 1.29 is 19.1 Å². The van der Waals surface area contributed by atoms with Gasteiger partial charge in [-0.25, -0.2) is 4.79 Å². The van der Waals surface area contributed by atoms with Gasteiger partial charge in [0.15, 0.2) is 0 Å². The van der Waals surface area contributed by atoms with Crippen LogP contribution in [-0.4, -0.2) is 32.1 Å². The molecule has 2 atom stereocenters. The van der Waals surface area contributed by atoms with E-state index in [-0.39, 0.29) is 35.8 Å². The molecule has 3 N–H and O–H groups in total. The average Bonchev–Trinajstić information content (AvgIpc) is 2.93. The Morgan fingerprint density at radius 1 is 1.27 bits per heavy atom. The van der Waals surface area contributed by atoms with Crippen molar-refractivity contribution in [2.45, 2.75) is 25.3 Å². The van der Waals surface area contributed by atoms with E-state index in [1.54, 1.807) is 18.2 Å². The molecule has 1 fully saturated rings. The van der Waals surface area contributed by atoms with E-state index in [0.29, 0.717) is 17.9 Å². The van der Waals surface area contributed by atoms with E-state index in [1.165, 1.54) is 14.2 Å². The summed E-state index contributed by atoms with van der Waals surface area (Å²) in [4.78, 5) is 24.0. The Bertz CT molecular complexity index is 550. The van der Waals surface area contributed by atoms with Gasteiger partial charge in [0.05, 0.1) is 25.5 Å². The summed E-state index contributed by atoms with van der Waals surface area (Å²) in [5, 5.41) is 2.79. The van der Waals surface area contributed by atoms with Crippen LogP contribution in [0.2, 0.25) is 0 Å². The van der Waals surface area contributed by atoms with Gasteiger partial charge in [0.25, 0.3) is 0 Å². The largest absolute Gasteiger partial charge is 0.497 e. The number of nitrogens with two attached hydrogens (primary N) is 1. The van der Waals surface area contributed by atoms with Gasteiger partial charge in [-0.3, -0.25) is 4.79 Å². The summed E-state index contributed by atoms with van der Waals surface area (Å²) in [7, 11) is 2.80. The van der Waals surface area contributed by atoms with Crippen LogP contribution in [0.3, 0.4) is 0 Å². The van der Waals surface area contributed by atoms with Gasteiger partial charge in [-0.15, -0.1) is 12.4 Å². The van der Waals surface area contributed by atoms with Crippen molar-refractivity contribution in [3.8, 4) is 5.75 Å². The molecule has 0 bridgehead atoms. The van der Waals surface area contributed by atoms with Gasteiger partial charge in [0, 0.05) is 12.0 Å². The van der Waals surface area contributed by atoms with Gasteiger partial charge in [0.1, 0.15) is 5.75 Å². The molecular formula is C15H21ClN2O4. The number of hydrogen-bond donors (Lipinski definition) is 2. The maximum atomic E-state index is 12.2. The zero-order valence-electron chi connectivity index (χ0n) is 12.6. The van der Waals surface area contributed by atoms with E-state index < -0.39 is 5.97 Å². The first-order chi connectivity index (χ1) is 10.0. The number of anilines is 1. The summed E-state index contributed by atoms with van der Waals surface area (Å²) in [6.07, 6.45) is 2.30. The van der Waals surface area contributed by atoms with Crippen LogP contribution in [0.25, 0.3) is 0 Å². The molecule has 1 aliphatic rings. The third-order valence-electron chi connectivity index (χ3n) is 3.73. The van der Waals surface area contributed by atoms with Crippen LogP contribution in [0.1, 0.15) is 29.6 Å². The van der Waals surface area contributed by atoms with Gasteiger partial charge >= 0.3 is 5.97 Å². The van der Waals surface area contributed by atoms with Crippen molar-refractivity contribution in [3.05, 3.63) is 23.8 Å². The molecule has 0 spiro atoms. The number of ether oxygens (including phenoxy) is 2. The topological polar surface area (TPSA) is 90.6 Å². The fraction of sp³-hybridized carbons (Fsp3) is 0.467. The van der Waals surface area contributed by atoms with Crippen LogP contribution in [0.15, 0.2) is 18.2 Å². The molecule has 6 nitrogen and oxygen atoms in total. The molecule has 0 heterocycles. The van der Waals surface area contributed by atoms with Crippen molar-refractivity contribution in [3.63, 3.8) is 0 Å². The monoisotopic (exact) mass is 328 g/mol. The lowest BCUT2D eigenvalue weighted by atomic mass is 10.1. The SMILES string of the molecule is COC(=O)c1cc(OC)ccc1NC(=O)C1CCC(N)C1.Cl. The van der Waals surface area contributed by atoms with Crippen molar-refractivity contribution in [1.82, 2.24) is 0 Å².